The standard InChI is InChI=1S/C23H24N6O5S/c1-14(30)20-7-15(13-35-20)8-21(31)28-10-17-19(11-28)34-12-16-9-29(27-26-16)5-6-33-18-3-2-4-24-22(18)23(32)25-17/h2-4,7,9,13,17,19H,5-6,8,10-12H2,1H3,(H,25,32)/t17-,19-/m0/s1. The lowest BCUT2D eigenvalue weighted by Gasteiger charge is -2.20. The molecule has 0 saturated carbocycles. The number of hydrogen-bond donors (Lipinski definition) is 1. The van der Waals surface area contributed by atoms with Crippen LogP contribution in [0.15, 0.2) is 36.0 Å². The van der Waals surface area contributed by atoms with E-state index in [4.69, 9.17) is 9.47 Å². The van der Waals surface area contributed by atoms with Gasteiger partial charge >= 0.3 is 0 Å². The van der Waals surface area contributed by atoms with E-state index in [1.54, 1.807) is 34.0 Å². The zero-order chi connectivity index (χ0) is 24.4. The fourth-order valence-electron chi connectivity index (χ4n) is 4.09. The fraction of sp³-hybridized carbons (Fsp3) is 0.391. The molecule has 11 nitrogen and oxygen atoms in total. The Morgan fingerprint density at radius 1 is 1.31 bits per heavy atom. The molecule has 35 heavy (non-hydrogen) atoms. The number of carbonyl (C=O) groups excluding carboxylic acids is 3. The predicted octanol–water partition coefficient (Wildman–Crippen LogP) is 1.10. The number of fused-ring (bicyclic) bond motifs is 4. The number of pyridine rings is 1. The minimum atomic E-state index is -0.449. The van der Waals surface area contributed by atoms with E-state index in [1.807, 2.05) is 5.38 Å². The molecular formula is C23H24N6O5S. The van der Waals surface area contributed by atoms with E-state index in [2.05, 4.69) is 20.6 Å². The second-order valence-electron chi connectivity index (χ2n) is 8.45. The van der Waals surface area contributed by atoms with Crippen LogP contribution in [0.5, 0.6) is 5.75 Å². The van der Waals surface area contributed by atoms with Crippen molar-refractivity contribution in [2.45, 2.75) is 38.6 Å². The van der Waals surface area contributed by atoms with Crippen molar-refractivity contribution in [3.8, 4) is 5.75 Å². The minimum Gasteiger partial charge on any atom is -0.489 e. The molecular weight excluding hydrogens is 472 g/mol. The van der Waals surface area contributed by atoms with Gasteiger partial charge in [-0.05, 0) is 36.1 Å². The van der Waals surface area contributed by atoms with Crippen molar-refractivity contribution in [1.82, 2.24) is 30.2 Å². The van der Waals surface area contributed by atoms with Crippen LogP contribution in [0.1, 0.15) is 38.3 Å². The number of carbonyl (C=O) groups is 3. The van der Waals surface area contributed by atoms with Crippen molar-refractivity contribution in [2.75, 3.05) is 19.7 Å². The summed E-state index contributed by atoms with van der Waals surface area (Å²) in [6, 6.07) is 4.69. The van der Waals surface area contributed by atoms with Crippen molar-refractivity contribution in [3.63, 3.8) is 0 Å². The lowest BCUT2D eigenvalue weighted by atomic mass is 10.2. The highest BCUT2D eigenvalue weighted by atomic mass is 32.1. The smallest absolute Gasteiger partial charge is 0.274 e. The van der Waals surface area contributed by atoms with E-state index in [9.17, 15) is 14.4 Å². The van der Waals surface area contributed by atoms with Crippen LogP contribution in [-0.4, -0.2) is 74.3 Å². The van der Waals surface area contributed by atoms with E-state index < -0.39 is 18.1 Å². The summed E-state index contributed by atoms with van der Waals surface area (Å²) in [7, 11) is 0. The number of amides is 2. The number of nitrogens with one attached hydrogen (secondary N) is 1. The fourth-order valence-corrected chi connectivity index (χ4v) is 4.91. The molecule has 182 valence electrons. The largest absolute Gasteiger partial charge is 0.489 e. The highest BCUT2D eigenvalue weighted by molar-refractivity contribution is 7.12. The summed E-state index contributed by atoms with van der Waals surface area (Å²) >= 11 is 1.33. The number of likely N-dealkylation sites (tertiary alicyclic amines) is 1. The van der Waals surface area contributed by atoms with Crippen LogP contribution >= 0.6 is 11.3 Å². The van der Waals surface area contributed by atoms with Gasteiger partial charge in [-0.3, -0.25) is 14.4 Å². The van der Waals surface area contributed by atoms with Crippen molar-refractivity contribution in [2.24, 2.45) is 0 Å². The molecule has 2 amide bonds. The van der Waals surface area contributed by atoms with Gasteiger partial charge in [0.2, 0.25) is 5.91 Å². The number of ether oxygens (including phenoxy) is 2. The molecule has 1 fully saturated rings. The molecule has 1 saturated heterocycles. The third kappa shape index (κ3) is 5.23. The third-order valence-electron chi connectivity index (χ3n) is 5.89. The molecule has 3 aromatic heterocycles. The quantitative estimate of drug-likeness (QED) is 0.534. The summed E-state index contributed by atoms with van der Waals surface area (Å²) in [6.45, 7) is 3.04. The van der Waals surface area contributed by atoms with E-state index in [-0.39, 0.29) is 43.6 Å². The van der Waals surface area contributed by atoms with Crippen LogP contribution in [0.2, 0.25) is 0 Å². The molecule has 0 aliphatic carbocycles. The molecule has 0 spiro atoms. The van der Waals surface area contributed by atoms with Crippen molar-refractivity contribution in [1.29, 1.82) is 0 Å². The second-order valence-corrected chi connectivity index (χ2v) is 9.36. The molecule has 0 aromatic carbocycles. The number of nitrogens with zero attached hydrogens (tertiary/aromatic N) is 5. The van der Waals surface area contributed by atoms with Gasteiger partial charge in [-0.1, -0.05) is 5.21 Å². The van der Waals surface area contributed by atoms with Gasteiger partial charge in [0.05, 0.1) is 42.8 Å². The van der Waals surface area contributed by atoms with Crippen molar-refractivity contribution < 1.29 is 23.9 Å². The SMILES string of the molecule is CC(=O)c1cc(CC(=O)N2C[C@@H]3NC(=O)c4ncccc4OCCn4cc(nn4)CO[C@H]3C2)cs1. The number of hydrogen-bond acceptors (Lipinski definition) is 9. The van der Waals surface area contributed by atoms with Crippen LogP contribution in [-0.2, 0) is 29.1 Å². The zero-order valence-electron chi connectivity index (χ0n) is 19.0. The number of rotatable bonds is 3. The predicted molar refractivity (Wildman–Crippen MR) is 124 cm³/mol. The van der Waals surface area contributed by atoms with Crippen LogP contribution in [0.3, 0.4) is 0 Å². The Kier molecular flexibility index (Phi) is 6.55. The topological polar surface area (TPSA) is 129 Å². The average Bonchev–Trinajstić information content (AvgIpc) is 3.58. The van der Waals surface area contributed by atoms with Crippen LogP contribution in [0.25, 0.3) is 0 Å². The molecule has 2 aliphatic heterocycles. The normalized spacial score (nSPS) is 20.3. The Labute approximate surface area is 205 Å². The average molecular weight is 497 g/mol. The summed E-state index contributed by atoms with van der Waals surface area (Å²) < 4.78 is 13.5. The summed E-state index contributed by atoms with van der Waals surface area (Å²) in [5.74, 6) is -0.158. The Balaban J connectivity index is 1.35. The van der Waals surface area contributed by atoms with Crippen LogP contribution in [0.4, 0.5) is 0 Å². The van der Waals surface area contributed by atoms with Gasteiger partial charge in [0.15, 0.2) is 17.2 Å². The van der Waals surface area contributed by atoms with Gasteiger partial charge in [0.25, 0.3) is 5.91 Å². The molecule has 0 unspecified atom stereocenters. The number of ketones is 1. The third-order valence-corrected chi connectivity index (χ3v) is 6.97. The lowest BCUT2D eigenvalue weighted by Crippen LogP contribution is -2.44. The summed E-state index contributed by atoms with van der Waals surface area (Å²) in [4.78, 5) is 44.2. The Hall–Kier alpha value is -3.64. The number of aromatic nitrogens is 4. The van der Waals surface area contributed by atoms with E-state index >= 15 is 0 Å². The molecule has 0 radical (unpaired) electrons. The maximum Gasteiger partial charge on any atom is 0.274 e. The summed E-state index contributed by atoms with van der Waals surface area (Å²) in [5.41, 5.74) is 1.61. The monoisotopic (exact) mass is 496 g/mol. The van der Waals surface area contributed by atoms with Gasteiger partial charge in [-0.25, -0.2) is 9.67 Å². The highest BCUT2D eigenvalue weighted by Gasteiger charge is 2.38. The molecule has 2 aliphatic rings. The molecule has 12 heteroatoms. The first-order valence-electron chi connectivity index (χ1n) is 11.2. The second kappa shape index (κ2) is 9.92. The lowest BCUT2D eigenvalue weighted by molar-refractivity contribution is -0.130. The molecule has 5 rings (SSSR count). The Morgan fingerprint density at radius 3 is 3.03 bits per heavy atom. The van der Waals surface area contributed by atoms with Gasteiger partial charge in [-0.2, -0.15) is 0 Å². The van der Waals surface area contributed by atoms with E-state index in [0.717, 1.165) is 5.56 Å². The highest BCUT2D eigenvalue weighted by Crippen LogP contribution is 2.22. The maximum atomic E-state index is 13.1. The van der Waals surface area contributed by atoms with Crippen LogP contribution in [0, 0.1) is 0 Å². The maximum absolute atomic E-state index is 13.1. The number of Topliss-reactive ketones (excluding diaryl/α,β-unsaturated/α-hetero) is 1. The minimum absolute atomic E-state index is 0.0233. The van der Waals surface area contributed by atoms with Gasteiger partial charge in [-0.15, -0.1) is 16.4 Å². The van der Waals surface area contributed by atoms with Crippen molar-refractivity contribution >= 4 is 28.9 Å². The van der Waals surface area contributed by atoms with E-state index in [1.165, 1.54) is 24.5 Å². The summed E-state index contributed by atoms with van der Waals surface area (Å²) in [5, 5.41) is 13.0. The number of thiophene rings is 1. The van der Waals surface area contributed by atoms with Gasteiger partial charge < -0.3 is 19.7 Å². The molecule has 2 bridgehead atoms. The molecule has 3 aromatic rings. The van der Waals surface area contributed by atoms with Crippen LogP contribution < -0.4 is 10.1 Å². The Bertz CT molecular complexity index is 1260. The first kappa shape index (κ1) is 23.1. The van der Waals surface area contributed by atoms with Gasteiger partial charge in [0, 0.05) is 19.3 Å². The molecule has 1 N–H and O–H groups in total. The van der Waals surface area contributed by atoms with E-state index in [0.29, 0.717) is 29.4 Å². The van der Waals surface area contributed by atoms with Gasteiger partial charge in [0.1, 0.15) is 12.3 Å². The molecule has 5 heterocycles. The summed E-state index contributed by atoms with van der Waals surface area (Å²) in [6.07, 6.45) is 3.04. The first-order valence-corrected chi connectivity index (χ1v) is 12.1. The first-order chi connectivity index (χ1) is 17.0. The molecule has 2 atom stereocenters. The zero-order valence-corrected chi connectivity index (χ0v) is 19.9. The Morgan fingerprint density at radius 2 is 2.20 bits per heavy atom. The van der Waals surface area contributed by atoms with Crippen molar-refractivity contribution in [3.05, 3.63) is 57.8 Å².